The first-order chi connectivity index (χ1) is 15.3. The SMILES string of the molecule is Cc1cc(=O)c(C(=O)OC(C)C(=O)Nc2ccc3c(c2)OCO3)nn1-c1ccc(Cl)cc1. The van der Waals surface area contributed by atoms with Gasteiger partial charge in [-0.2, -0.15) is 5.10 Å². The van der Waals surface area contributed by atoms with Gasteiger partial charge in [-0.05, 0) is 50.2 Å². The molecule has 0 aliphatic carbocycles. The summed E-state index contributed by atoms with van der Waals surface area (Å²) in [6.45, 7) is 3.18. The lowest BCUT2D eigenvalue weighted by atomic mass is 10.2. The molecule has 10 heteroatoms. The summed E-state index contributed by atoms with van der Waals surface area (Å²) in [4.78, 5) is 37.4. The highest BCUT2D eigenvalue weighted by Crippen LogP contribution is 2.34. The number of hydrogen-bond acceptors (Lipinski definition) is 7. The maximum absolute atomic E-state index is 12.6. The standard InChI is InChI=1S/C22H18ClN3O6/c1-12-9-17(27)20(25-26(12)16-6-3-14(23)4-7-16)22(29)32-13(2)21(28)24-15-5-8-18-19(10-15)31-11-30-18/h3-10,13H,11H2,1-2H3,(H,24,28). The van der Waals surface area contributed by atoms with Gasteiger partial charge in [0.2, 0.25) is 17.9 Å². The maximum atomic E-state index is 12.6. The van der Waals surface area contributed by atoms with E-state index in [0.29, 0.717) is 33.6 Å². The number of benzene rings is 2. The first kappa shape index (κ1) is 21.4. The first-order valence-corrected chi connectivity index (χ1v) is 9.98. The van der Waals surface area contributed by atoms with Crippen molar-refractivity contribution in [3.05, 3.63) is 75.2 Å². The molecular formula is C22H18ClN3O6. The predicted molar refractivity (Wildman–Crippen MR) is 116 cm³/mol. The number of aromatic nitrogens is 2. The molecule has 0 saturated carbocycles. The molecule has 2 aromatic carbocycles. The molecule has 0 bridgehead atoms. The molecule has 1 N–H and O–H groups in total. The zero-order chi connectivity index (χ0) is 22.8. The lowest BCUT2D eigenvalue weighted by molar-refractivity contribution is -0.123. The molecular weight excluding hydrogens is 438 g/mol. The van der Waals surface area contributed by atoms with Gasteiger partial charge in [-0.25, -0.2) is 9.48 Å². The highest BCUT2D eigenvalue weighted by molar-refractivity contribution is 6.30. The number of amides is 1. The lowest BCUT2D eigenvalue weighted by Crippen LogP contribution is -2.32. The Morgan fingerprint density at radius 2 is 1.84 bits per heavy atom. The second-order valence-electron chi connectivity index (χ2n) is 6.99. The average Bonchev–Trinajstić information content (AvgIpc) is 3.22. The third-order valence-electron chi connectivity index (χ3n) is 4.67. The van der Waals surface area contributed by atoms with E-state index >= 15 is 0 Å². The van der Waals surface area contributed by atoms with Crippen LogP contribution in [0.25, 0.3) is 5.69 Å². The van der Waals surface area contributed by atoms with Gasteiger partial charge in [0.15, 0.2) is 17.6 Å². The van der Waals surface area contributed by atoms with Crippen LogP contribution in [0.2, 0.25) is 5.02 Å². The molecule has 4 rings (SSSR count). The number of carbonyl (C=O) groups is 2. The number of nitrogens with zero attached hydrogens (tertiary/aromatic N) is 2. The van der Waals surface area contributed by atoms with E-state index in [9.17, 15) is 14.4 Å². The number of nitrogens with one attached hydrogen (secondary N) is 1. The summed E-state index contributed by atoms with van der Waals surface area (Å²) in [5.41, 5.74) is 0.520. The van der Waals surface area contributed by atoms with Crippen LogP contribution in [0.3, 0.4) is 0 Å². The van der Waals surface area contributed by atoms with E-state index in [0.717, 1.165) is 0 Å². The number of rotatable bonds is 5. The Morgan fingerprint density at radius 3 is 2.59 bits per heavy atom. The van der Waals surface area contributed by atoms with Gasteiger partial charge in [0.05, 0.1) is 5.69 Å². The van der Waals surface area contributed by atoms with Gasteiger partial charge in [-0.1, -0.05) is 11.6 Å². The van der Waals surface area contributed by atoms with Gasteiger partial charge in [-0.15, -0.1) is 0 Å². The summed E-state index contributed by atoms with van der Waals surface area (Å²) in [7, 11) is 0. The molecule has 0 spiro atoms. The average molecular weight is 456 g/mol. The van der Waals surface area contributed by atoms with Crippen molar-refractivity contribution in [2.24, 2.45) is 0 Å². The van der Waals surface area contributed by atoms with Crippen molar-refractivity contribution < 1.29 is 23.8 Å². The topological polar surface area (TPSA) is 109 Å². The number of hydrogen-bond donors (Lipinski definition) is 1. The number of halogens is 1. The molecule has 1 atom stereocenters. The molecule has 1 amide bonds. The van der Waals surface area contributed by atoms with E-state index in [1.807, 2.05) is 0 Å². The van der Waals surface area contributed by atoms with Crippen LogP contribution in [-0.4, -0.2) is 34.6 Å². The van der Waals surface area contributed by atoms with Crippen molar-refractivity contribution in [3.63, 3.8) is 0 Å². The Hall–Kier alpha value is -3.85. The summed E-state index contributed by atoms with van der Waals surface area (Å²) >= 11 is 5.91. The van der Waals surface area contributed by atoms with Crippen molar-refractivity contribution in [1.82, 2.24) is 9.78 Å². The molecule has 32 heavy (non-hydrogen) atoms. The zero-order valence-electron chi connectivity index (χ0n) is 17.1. The summed E-state index contributed by atoms with van der Waals surface area (Å²) < 4.78 is 17.1. The summed E-state index contributed by atoms with van der Waals surface area (Å²) in [5.74, 6) is -0.516. The van der Waals surface area contributed by atoms with Gasteiger partial charge < -0.3 is 19.5 Å². The Balaban J connectivity index is 1.49. The van der Waals surface area contributed by atoms with E-state index < -0.39 is 29.1 Å². The van der Waals surface area contributed by atoms with Crippen LogP contribution in [-0.2, 0) is 9.53 Å². The number of ether oxygens (including phenoxy) is 3. The van der Waals surface area contributed by atoms with E-state index in [4.69, 9.17) is 25.8 Å². The van der Waals surface area contributed by atoms with Crippen LogP contribution < -0.4 is 20.2 Å². The normalized spacial score (nSPS) is 12.8. The number of carbonyl (C=O) groups excluding carboxylic acids is 2. The Kier molecular flexibility index (Phi) is 5.83. The molecule has 164 valence electrons. The minimum Gasteiger partial charge on any atom is -0.454 e. The maximum Gasteiger partial charge on any atom is 0.363 e. The van der Waals surface area contributed by atoms with E-state index in [2.05, 4.69) is 10.4 Å². The zero-order valence-corrected chi connectivity index (χ0v) is 17.9. The van der Waals surface area contributed by atoms with Gasteiger partial charge >= 0.3 is 5.97 Å². The molecule has 0 saturated heterocycles. The smallest absolute Gasteiger partial charge is 0.363 e. The van der Waals surface area contributed by atoms with Crippen LogP contribution in [0.1, 0.15) is 23.1 Å². The molecule has 0 fully saturated rings. The molecule has 1 unspecified atom stereocenters. The summed E-state index contributed by atoms with van der Waals surface area (Å²) in [5, 5.41) is 7.29. The lowest BCUT2D eigenvalue weighted by Gasteiger charge is -2.15. The predicted octanol–water partition coefficient (Wildman–Crippen LogP) is 3.11. The van der Waals surface area contributed by atoms with E-state index in [1.54, 1.807) is 49.4 Å². The van der Waals surface area contributed by atoms with Gasteiger partial charge in [0, 0.05) is 28.5 Å². The second kappa shape index (κ2) is 8.72. The van der Waals surface area contributed by atoms with Crippen molar-refractivity contribution in [1.29, 1.82) is 0 Å². The third kappa shape index (κ3) is 4.42. The number of esters is 1. The van der Waals surface area contributed by atoms with Crippen LogP contribution in [0.4, 0.5) is 5.69 Å². The summed E-state index contributed by atoms with van der Waals surface area (Å²) in [6.07, 6.45) is -1.18. The molecule has 9 nitrogen and oxygen atoms in total. The minimum absolute atomic E-state index is 0.109. The molecule has 0 radical (unpaired) electrons. The van der Waals surface area contributed by atoms with E-state index in [-0.39, 0.29) is 6.79 Å². The van der Waals surface area contributed by atoms with Gasteiger partial charge in [0.25, 0.3) is 5.91 Å². The first-order valence-electron chi connectivity index (χ1n) is 9.60. The number of fused-ring (bicyclic) bond motifs is 1. The quantitative estimate of drug-likeness (QED) is 0.589. The highest BCUT2D eigenvalue weighted by Gasteiger charge is 2.24. The van der Waals surface area contributed by atoms with Crippen molar-refractivity contribution in [2.45, 2.75) is 20.0 Å². The largest absolute Gasteiger partial charge is 0.454 e. The number of aryl methyl sites for hydroxylation is 1. The fraction of sp³-hybridized carbons (Fsp3) is 0.182. The van der Waals surface area contributed by atoms with Crippen molar-refractivity contribution >= 4 is 29.2 Å². The Bertz CT molecular complexity index is 1260. The molecule has 3 aromatic rings. The fourth-order valence-corrected chi connectivity index (χ4v) is 3.15. The van der Waals surface area contributed by atoms with Crippen LogP contribution in [0, 0.1) is 6.92 Å². The van der Waals surface area contributed by atoms with Crippen LogP contribution in [0.5, 0.6) is 11.5 Å². The summed E-state index contributed by atoms with van der Waals surface area (Å²) in [6, 6.07) is 12.9. The number of anilines is 1. The van der Waals surface area contributed by atoms with E-state index in [1.165, 1.54) is 17.7 Å². The minimum atomic E-state index is -1.18. The monoisotopic (exact) mass is 455 g/mol. The Labute approximate surface area is 187 Å². The highest BCUT2D eigenvalue weighted by atomic mass is 35.5. The second-order valence-corrected chi connectivity index (χ2v) is 7.43. The molecule has 1 aliphatic rings. The Morgan fingerprint density at radius 1 is 1.12 bits per heavy atom. The van der Waals surface area contributed by atoms with Crippen LogP contribution >= 0.6 is 11.6 Å². The van der Waals surface area contributed by atoms with Crippen LogP contribution in [0.15, 0.2) is 53.3 Å². The molecule has 1 aliphatic heterocycles. The third-order valence-corrected chi connectivity index (χ3v) is 4.92. The van der Waals surface area contributed by atoms with Crippen molar-refractivity contribution in [2.75, 3.05) is 12.1 Å². The van der Waals surface area contributed by atoms with Gasteiger partial charge in [0.1, 0.15) is 0 Å². The molecule has 1 aromatic heterocycles. The molecule has 2 heterocycles. The van der Waals surface area contributed by atoms with Gasteiger partial charge in [-0.3, -0.25) is 9.59 Å². The van der Waals surface area contributed by atoms with Crippen molar-refractivity contribution in [3.8, 4) is 17.2 Å². The fourth-order valence-electron chi connectivity index (χ4n) is 3.02.